The monoisotopic (exact) mass is 268 g/mol. The van der Waals surface area contributed by atoms with Crippen LogP contribution in [0.2, 0.25) is 0 Å². The molecule has 0 aliphatic carbocycles. The van der Waals surface area contributed by atoms with Gasteiger partial charge in [0.15, 0.2) is 0 Å². The van der Waals surface area contributed by atoms with Crippen LogP contribution in [0.4, 0.5) is 0 Å². The van der Waals surface area contributed by atoms with Crippen LogP contribution in [0.3, 0.4) is 0 Å². The van der Waals surface area contributed by atoms with Gasteiger partial charge < -0.3 is 5.11 Å². The van der Waals surface area contributed by atoms with E-state index in [0.29, 0.717) is 0 Å². The number of unbranched alkanes of at least 4 members (excludes halogenated alkanes) is 5. The van der Waals surface area contributed by atoms with E-state index in [9.17, 15) is 9.90 Å². The highest BCUT2D eigenvalue weighted by molar-refractivity contribution is 5.71. The minimum absolute atomic E-state index is 0.257. The van der Waals surface area contributed by atoms with E-state index in [1.165, 1.54) is 19.3 Å². The molecule has 0 aromatic heterocycles. The lowest BCUT2D eigenvalue weighted by molar-refractivity contribution is -0.145. The Kier molecular flexibility index (Phi) is 9.63. The van der Waals surface area contributed by atoms with Crippen molar-refractivity contribution in [3.63, 3.8) is 0 Å². The van der Waals surface area contributed by atoms with Crippen molar-refractivity contribution in [1.82, 2.24) is 0 Å². The van der Waals surface area contributed by atoms with Gasteiger partial charge in [0, 0.05) is 0 Å². The van der Waals surface area contributed by atoms with E-state index in [2.05, 4.69) is 27.4 Å². The van der Waals surface area contributed by atoms with E-state index in [0.717, 1.165) is 38.5 Å². The average molecular weight is 268 g/mol. The van der Waals surface area contributed by atoms with Crippen LogP contribution in [0.25, 0.3) is 0 Å². The van der Waals surface area contributed by atoms with Crippen molar-refractivity contribution in [2.75, 3.05) is 0 Å². The molecule has 2 unspecified atom stereocenters. The number of carboxylic acids is 1. The van der Waals surface area contributed by atoms with Crippen LogP contribution in [0.1, 0.15) is 78.6 Å². The quantitative estimate of drug-likeness (QED) is 0.378. The third kappa shape index (κ3) is 6.79. The Hall–Kier alpha value is -0.790. The van der Waals surface area contributed by atoms with Crippen molar-refractivity contribution >= 4 is 5.97 Å². The van der Waals surface area contributed by atoms with E-state index in [-0.39, 0.29) is 11.3 Å². The maximum atomic E-state index is 11.5. The molecule has 19 heavy (non-hydrogen) atoms. The van der Waals surface area contributed by atoms with Gasteiger partial charge in [-0.3, -0.25) is 4.79 Å². The van der Waals surface area contributed by atoms with Crippen molar-refractivity contribution in [1.29, 1.82) is 0 Å². The lowest BCUT2D eigenvalue weighted by Gasteiger charge is -2.32. The first kappa shape index (κ1) is 18.2. The Labute approximate surface area is 119 Å². The molecule has 2 nitrogen and oxygen atoms in total. The Bertz CT molecular complexity index is 260. The molecule has 0 aliphatic heterocycles. The van der Waals surface area contributed by atoms with Gasteiger partial charge in [-0.25, -0.2) is 0 Å². The van der Waals surface area contributed by atoms with Gasteiger partial charge in [-0.05, 0) is 18.3 Å². The maximum absolute atomic E-state index is 11.5. The zero-order chi connectivity index (χ0) is 14.7. The highest BCUT2D eigenvalue weighted by Crippen LogP contribution is 2.38. The SMILES string of the molecule is C=CC(C)(CCCCCC)C(CCCCC)C(=O)O. The molecule has 0 aromatic carbocycles. The first-order valence-corrected chi connectivity index (χ1v) is 7.88. The number of carboxylic acid groups (broad SMARTS) is 1. The number of aliphatic carboxylic acids is 1. The van der Waals surface area contributed by atoms with Crippen LogP contribution in [-0.2, 0) is 4.79 Å². The summed E-state index contributed by atoms with van der Waals surface area (Å²) >= 11 is 0. The molecular weight excluding hydrogens is 236 g/mol. The fraction of sp³-hybridized carbons (Fsp3) is 0.824. The summed E-state index contributed by atoms with van der Waals surface area (Å²) < 4.78 is 0. The number of hydrogen-bond donors (Lipinski definition) is 1. The van der Waals surface area contributed by atoms with Gasteiger partial charge in [-0.1, -0.05) is 71.8 Å². The van der Waals surface area contributed by atoms with Crippen molar-refractivity contribution in [3.8, 4) is 0 Å². The Morgan fingerprint density at radius 1 is 1.16 bits per heavy atom. The minimum Gasteiger partial charge on any atom is -0.481 e. The van der Waals surface area contributed by atoms with Gasteiger partial charge >= 0.3 is 5.97 Å². The van der Waals surface area contributed by atoms with Gasteiger partial charge in [0.05, 0.1) is 5.92 Å². The molecule has 2 heteroatoms. The maximum Gasteiger partial charge on any atom is 0.307 e. The molecule has 2 atom stereocenters. The molecule has 0 aromatic rings. The molecular formula is C17H32O2. The number of hydrogen-bond acceptors (Lipinski definition) is 1. The summed E-state index contributed by atoms with van der Waals surface area (Å²) in [6.07, 6.45) is 11.6. The van der Waals surface area contributed by atoms with Gasteiger partial charge in [-0.15, -0.1) is 6.58 Å². The molecule has 0 heterocycles. The highest BCUT2D eigenvalue weighted by Gasteiger charge is 2.35. The summed E-state index contributed by atoms with van der Waals surface area (Å²) in [5.41, 5.74) is -0.257. The summed E-state index contributed by atoms with van der Waals surface area (Å²) in [6, 6.07) is 0. The van der Waals surface area contributed by atoms with Gasteiger partial charge in [0.1, 0.15) is 0 Å². The third-order valence-electron chi connectivity index (χ3n) is 4.23. The zero-order valence-electron chi connectivity index (χ0n) is 13.1. The summed E-state index contributed by atoms with van der Waals surface area (Å²) in [5, 5.41) is 9.49. The Balaban J connectivity index is 4.51. The average Bonchev–Trinajstić information content (AvgIpc) is 2.39. The van der Waals surface area contributed by atoms with Gasteiger partial charge in [0.25, 0.3) is 0 Å². The molecule has 112 valence electrons. The summed E-state index contributed by atoms with van der Waals surface area (Å²) in [7, 11) is 0. The van der Waals surface area contributed by atoms with E-state index >= 15 is 0 Å². The Morgan fingerprint density at radius 2 is 1.74 bits per heavy atom. The Morgan fingerprint density at radius 3 is 2.21 bits per heavy atom. The van der Waals surface area contributed by atoms with E-state index in [1.54, 1.807) is 0 Å². The van der Waals surface area contributed by atoms with Crippen LogP contribution in [0.5, 0.6) is 0 Å². The molecule has 0 aliphatic rings. The minimum atomic E-state index is -0.658. The molecule has 0 fully saturated rings. The lowest BCUT2D eigenvalue weighted by atomic mass is 9.71. The molecule has 0 bridgehead atoms. The second kappa shape index (κ2) is 10.1. The molecule has 0 rings (SSSR count). The van der Waals surface area contributed by atoms with E-state index < -0.39 is 5.97 Å². The van der Waals surface area contributed by atoms with Crippen LogP contribution in [-0.4, -0.2) is 11.1 Å². The standard InChI is InChI=1S/C17H32O2/c1-5-8-10-12-14-17(4,7-3)15(16(18)19)13-11-9-6-2/h7,15H,3,5-6,8-14H2,1-2,4H3,(H,18,19). The molecule has 0 saturated carbocycles. The largest absolute Gasteiger partial charge is 0.481 e. The van der Waals surface area contributed by atoms with Gasteiger partial charge in [-0.2, -0.15) is 0 Å². The number of carbonyl (C=O) groups is 1. The van der Waals surface area contributed by atoms with Crippen molar-refractivity contribution in [3.05, 3.63) is 12.7 Å². The summed E-state index contributed by atoms with van der Waals surface area (Å²) in [6.45, 7) is 10.3. The predicted molar refractivity (Wildman–Crippen MR) is 82.3 cm³/mol. The van der Waals surface area contributed by atoms with Crippen LogP contribution < -0.4 is 0 Å². The molecule has 0 saturated heterocycles. The molecule has 0 amide bonds. The lowest BCUT2D eigenvalue weighted by Crippen LogP contribution is -2.32. The van der Waals surface area contributed by atoms with E-state index in [4.69, 9.17) is 0 Å². The first-order chi connectivity index (χ1) is 9.01. The first-order valence-electron chi connectivity index (χ1n) is 7.88. The van der Waals surface area contributed by atoms with Crippen molar-refractivity contribution in [2.45, 2.75) is 78.6 Å². The second-order valence-corrected chi connectivity index (χ2v) is 5.91. The fourth-order valence-corrected chi connectivity index (χ4v) is 2.68. The fourth-order valence-electron chi connectivity index (χ4n) is 2.68. The molecule has 1 N–H and O–H groups in total. The topological polar surface area (TPSA) is 37.3 Å². The van der Waals surface area contributed by atoms with Crippen LogP contribution in [0.15, 0.2) is 12.7 Å². The molecule has 0 radical (unpaired) electrons. The summed E-state index contributed by atoms with van der Waals surface area (Å²) in [5.74, 6) is -0.938. The smallest absolute Gasteiger partial charge is 0.307 e. The van der Waals surface area contributed by atoms with Crippen molar-refractivity contribution in [2.24, 2.45) is 11.3 Å². The van der Waals surface area contributed by atoms with Crippen LogP contribution in [0, 0.1) is 11.3 Å². The van der Waals surface area contributed by atoms with Crippen molar-refractivity contribution < 1.29 is 9.90 Å². The third-order valence-corrected chi connectivity index (χ3v) is 4.23. The van der Waals surface area contributed by atoms with Gasteiger partial charge in [0.2, 0.25) is 0 Å². The second-order valence-electron chi connectivity index (χ2n) is 5.91. The summed E-state index contributed by atoms with van der Waals surface area (Å²) in [4.78, 5) is 11.5. The highest BCUT2D eigenvalue weighted by atomic mass is 16.4. The number of rotatable bonds is 12. The zero-order valence-corrected chi connectivity index (χ0v) is 13.1. The number of allylic oxidation sites excluding steroid dienone is 1. The predicted octanol–water partition coefficient (Wildman–Crippen LogP) is 5.43. The normalized spacial score (nSPS) is 15.7. The van der Waals surface area contributed by atoms with Crippen LogP contribution >= 0.6 is 0 Å². The molecule has 0 spiro atoms. The van der Waals surface area contributed by atoms with E-state index in [1.807, 2.05) is 6.08 Å².